The average Bonchev–Trinajstić information content (AvgIpc) is 3.18. The van der Waals surface area contributed by atoms with E-state index in [2.05, 4.69) is 5.32 Å². The maximum Gasteiger partial charge on any atom is 0.160 e. The van der Waals surface area contributed by atoms with E-state index in [1.54, 1.807) is 13.2 Å². The molecule has 0 aromatic heterocycles. The SMILES string of the molecule is COc1cc(CNC2CC3CC2C2CCCC32)ccc1O. The second-order valence-corrected chi connectivity index (χ2v) is 7.15. The monoisotopic (exact) mass is 287 g/mol. The van der Waals surface area contributed by atoms with Crippen LogP contribution in [0.1, 0.15) is 37.7 Å². The average molecular weight is 287 g/mol. The van der Waals surface area contributed by atoms with Gasteiger partial charge < -0.3 is 15.2 Å². The number of hydrogen-bond acceptors (Lipinski definition) is 3. The van der Waals surface area contributed by atoms with Gasteiger partial charge in [0, 0.05) is 12.6 Å². The first kappa shape index (κ1) is 13.4. The summed E-state index contributed by atoms with van der Waals surface area (Å²) in [5, 5.41) is 13.4. The van der Waals surface area contributed by atoms with E-state index in [9.17, 15) is 5.11 Å². The van der Waals surface area contributed by atoms with E-state index in [0.717, 1.165) is 30.2 Å². The summed E-state index contributed by atoms with van der Waals surface area (Å²) in [7, 11) is 1.60. The summed E-state index contributed by atoms with van der Waals surface area (Å²) in [5.41, 5.74) is 1.19. The zero-order chi connectivity index (χ0) is 14.4. The lowest BCUT2D eigenvalue weighted by molar-refractivity contribution is 0.208. The molecule has 0 radical (unpaired) electrons. The highest BCUT2D eigenvalue weighted by Crippen LogP contribution is 2.58. The van der Waals surface area contributed by atoms with Gasteiger partial charge in [0.1, 0.15) is 0 Å². The quantitative estimate of drug-likeness (QED) is 0.892. The first-order valence-electron chi connectivity index (χ1n) is 8.35. The fraction of sp³-hybridized carbons (Fsp3) is 0.667. The fourth-order valence-electron chi connectivity index (χ4n) is 5.38. The lowest BCUT2D eigenvalue weighted by atomic mass is 9.79. The summed E-state index contributed by atoms with van der Waals surface area (Å²) in [4.78, 5) is 0. The highest BCUT2D eigenvalue weighted by molar-refractivity contribution is 5.41. The van der Waals surface area contributed by atoms with E-state index in [1.165, 1.54) is 37.7 Å². The molecule has 0 heterocycles. The van der Waals surface area contributed by atoms with Crippen LogP contribution in [0.3, 0.4) is 0 Å². The van der Waals surface area contributed by atoms with Crippen molar-refractivity contribution in [2.24, 2.45) is 23.7 Å². The molecule has 0 amide bonds. The molecular weight excluding hydrogens is 262 g/mol. The third-order valence-corrected chi connectivity index (χ3v) is 6.24. The Labute approximate surface area is 126 Å². The number of phenols is 1. The van der Waals surface area contributed by atoms with Crippen LogP contribution in [0.15, 0.2) is 18.2 Å². The van der Waals surface area contributed by atoms with E-state index in [1.807, 2.05) is 12.1 Å². The molecule has 5 unspecified atom stereocenters. The van der Waals surface area contributed by atoms with Gasteiger partial charge in [-0.2, -0.15) is 0 Å². The van der Waals surface area contributed by atoms with E-state index in [0.29, 0.717) is 11.8 Å². The van der Waals surface area contributed by atoms with Crippen LogP contribution in [0.5, 0.6) is 11.5 Å². The molecule has 21 heavy (non-hydrogen) atoms. The largest absolute Gasteiger partial charge is 0.504 e. The van der Waals surface area contributed by atoms with E-state index < -0.39 is 0 Å². The Bertz CT molecular complexity index is 530. The summed E-state index contributed by atoms with van der Waals surface area (Å²) >= 11 is 0. The molecule has 0 saturated heterocycles. The standard InChI is InChI=1S/C18H25NO2/c1-21-18-7-11(5-6-17(18)20)10-19-16-9-12-8-15(16)14-4-2-3-13(12)14/h5-7,12-16,19-20H,2-4,8-10H2,1H3. The van der Waals surface area contributed by atoms with Gasteiger partial charge in [0.15, 0.2) is 11.5 Å². The summed E-state index contributed by atoms with van der Waals surface area (Å²) in [6.07, 6.45) is 7.27. The van der Waals surface area contributed by atoms with Gasteiger partial charge in [-0.15, -0.1) is 0 Å². The molecule has 2 bridgehead atoms. The minimum Gasteiger partial charge on any atom is -0.504 e. The number of fused-ring (bicyclic) bond motifs is 5. The van der Waals surface area contributed by atoms with Crippen molar-refractivity contribution in [1.82, 2.24) is 5.32 Å². The first-order valence-corrected chi connectivity index (χ1v) is 8.35. The molecule has 3 fully saturated rings. The Morgan fingerprint density at radius 2 is 2.05 bits per heavy atom. The number of ether oxygens (including phenoxy) is 1. The highest BCUT2D eigenvalue weighted by atomic mass is 16.5. The van der Waals surface area contributed by atoms with Crippen LogP contribution in [0.4, 0.5) is 0 Å². The summed E-state index contributed by atoms with van der Waals surface area (Å²) in [6, 6.07) is 6.35. The van der Waals surface area contributed by atoms with Gasteiger partial charge in [0.05, 0.1) is 7.11 Å². The zero-order valence-electron chi connectivity index (χ0n) is 12.7. The molecule has 3 heteroatoms. The van der Waals surface area contributed by atoms with Gasteiger partial charge in [0.2, 0.25) is 0 Å². The Balaban J connectivity index is 1.40. The predicted molar refractivity (Wildman–Crippen MR) is 82.3 cm³/mol. The Kier molecular flexibility index (Phi) is 3.33. The number of nitrogens with one attached hydrogen (secondary N) is 1. The smallest absolute Gasteiger partial charge is 0.160 e. The van der Waals surface area contributed by atoms with Gasteiger partial charge in [-0.25, -0.2) is 0 Å². The number of benzene rings is 1. The summed E-state index contributed by atoms with van der Waals surface area (Å²) in [5.74, 6) is 4.77. The topological polar surface area (TPSA) is 41.5 Å². The van der Waals surface area contributed by atoms with Gasteiger partial charge in [-0.05, 0) is 67.1 Å². The maximum absolute atomic E-state index is 9.66. The van der Waals surface area contributed by atoms with Crippen molar-refractivity contribution in [3.63, 3.8) is 0 Å². The normalized spacial score (nSPS) is 36.9. The Hall–Kier alpha value is -1.22. The van der Waals surface area contributed by atoms with Gasteiger partial charge >= 0.3 is 0 Å². The van der Waals surface area contributed by atoms with Crippen LogP contribution in [0, 0.1) is 23.7 Å². The summed E-state index contributed by atoms with van der Waals surface area (Å²) < 4.78 is 5.19. The molecule has 4 rings (SSSR count). The van der Waals surface area contributed by atoms with Crippen molar-refractivity contribution in [2.45, 2.75) is 44.7 Å². The van der Waals surface area contributed by atoms with Gasteiger partial charge in [-0.1, -0.05) is 12.5 Å². The molecule has 0 spiro atoms. The molecule has 1 aromatic rings. The molecule has 3 saturated carbocycles. The third-order valence-electron chi connectivity index (χ3n) is 6.24. The molecule has 1 aromatic carbocycles. The lowest BCUT2D eigenvalue weighted by Gasteiger charge is -2.32. The minimum absolute atomic E-state index is 0.218. The van der Waals surface area contributed by atoms with E-state index >= 15 is 0 Å². The van der Waals surface area contributed by atoms with Crippen LogP contribution in [-0.2, 0) is 6.54 Å². The number of rotatable bonds is 4. The van der Waals surface area contributed by atoms with Crippen LogP contribution in [0.2, 0.25) is 0 Å². The van der Waals surface area contributed by atoms with Crippen molar-refractivity contribution < 1.29 is 9.84 Å². The Morgan fingerprint density at radius 3 is 2.90 bits per heavy atom. The molecule has 114 valence electrons. The van der Waals surface area contributed by atoms with Crippen molar-refractivity contribution in [3.05, 3.63) is 23.8 Å². The van der Waals surface area contributed by atoms with Crippen molar-refractivity contribution in [2.75, 3.05) is 7.11 Å². The van der Waals surface area contributed by atoms with E-state index in [4.69, 9.17) is 4.74 Å². The molecule has 0 aliphatic heterocycles. The number of methoxy groups -OCH3 is 1. The number of hydrogen-bond donors (Lipinski definition) is 2. The second-order valence-electron chi connectivity index (χ2n) is 7.15. The van der Waals surface area contributed by atoms with Gasteiger partial charge in [-0.3, -0.25) is 0 Å². The molecule has 5 atom stereocenters. The first-order chi connectivity index (χ1) is 10.3. The van der Waals surface area contributed by atoms with Crippen molar-refractivity contribution in [1.29, 1.82) is 0 Å². The van der Waals surface area contributed by atoms with Crippen LogP contribution >= 0.6 is 0 Å². The Morgan fingerprint density at radius 1 is 1.19 bits per heavy atom. The van der Waals surface area contributed by atoms with Crippen LogP contribution in [-0.4, -0.2) is 18.3 Å². The second kappa shape index (κ2) is 5.20. The van der Waals surface area contributed by atoms with E-state index in [-0.39, 0.29) is 5.75 Å². The third kappa shape index (κ3) is 2.22. The van der Waals surface area contributed by atoms with Crippen LogP contribution < -0.4 is 10.1 Å². The molecule has 2 N–H and O–H groups in total. The minimum atomic E-state index is 0.218. The number of aromatic hydroxyl groups is 1. The van der Waals surface area contributed by atoms with Crippen LogP contribution in [0.25, 0.3) is 0 Å². The molecule has 3 aliphatic carbocycles. The zero-order valence-corrected chi connectivity index (χ0v) is 12.7. The molecular formula is C18H25NO2. The predicted octanol–water partition coefficient (Wildman–Crippen LogP) is 3.32. The number of phenolic OH excluding ortho intramolecular Hbond substituents is 1. The lowest BCUT2D eigenvalue weighted by Crippen LogP contribution is -2.38. The maximum atomic E-state index is 9.66. The molecule has 3 aliphatic rings. The highest BCUT2D eigenvalue weighted by Gasteiger charge is 2.53. The van der Waals surface area contributed by atoms with Crippen molar-refractivity contribution >= 4 is 0 Å². The summed E-state index contributed by atoms with van der Waals surface area (Å²) in [6.45, 7) is 0.877. The molecule has 3 nitrogen and oxygen atoms in total. The fourth-order valence-corrected chi connectivity index (χ4v) is 5.38. The van der Waals surface area contributed by atoms with Gasteiger partial charge in [0.25, 0.3) is 0 Å². The van der Waals surface area contributed by atoms with Crippen molar-refractivity contribution in [3.8, 4) is 11.5 Å².